The van der Waals surface area contributed by atoms with Crippen molar-refractivity contribution >= 4 is 22.8 Å². The number of amidine groups is 1. The molecule has 0 N–H and O–H groups in total. The fraction of sp³-hybridized carbons (Fsp3) is 0.263. The molecule has 0 saturated carbocycles. The number of hydrogen-bond acceptors (Lipinski definition) is 3. The molecule has 0 bridgehead atoms. The smallest absolute Gasteiger partial charge is 0.233 e. The summed E-state index contributed by atoms with van der Waals surface area (Å²) in [6, 6.07) is 18.4. The fourth-order valence-electron chi connectivity index (χ4n) is 2.48. The Morgan fingerprint density at radius 1 is 1.09 bits per heavy atom. The minimum Gasteiger partial charge on any atom is -0.289 e. The van der Waals surface area contributed by atoms with Crippen LogP contribution in [0.2, 0.25) is 0 Å². The van der Waals surface area contributed by atoms with E-state index in [0.29, 0.717) is 19.5 Å². The molecular weight excluding hydrogens is 304 g/mol. The topological polar surface area (TPSA) is 32.7 Å². The number of nitrogens with zero attached hydrogens (tertiary/aromatic N) is 2. The van der Waals surface area contributed by atoms with Crippen LogP contribution < -0.4 is 0 Å². The van der Waals surface area contributed by atoms with Crippen LogP contribution in [0.1, 0.15) is 16.7 Å². The first-order chi connectivity index (χ1) is 11.2. The molecule has 2 aromatic carbocycles. The van der Waals surface area contributed by atoms with Gasteiger partial charge in [-0.3, -0.25) is 14.7 Å². The standard InChI is InChI=1S/C19H20N2OS/c1-15-7-9-17(10-8-15)14-23-19-20-11-12-21(19)18(22)13-16-5-3-2-4-6-16/h2-10H,11-14H2,1H3. The third-order valence-electron chi connectivity index (χ3n) is 3.79. The molecule has 1 aliphatic rings. The van der Waals surface area contributed by atoms with Gasteiger partial charge in [0.05, 0.1) is 13.0 Å². The summed E-state index contributed by atoms with van der Waals surface area (Å²) in [5.41, 5.74) is 3.56. The molecule has 0 unspecified atom stereocenters. The molecule has 0 atom stereocenters. The van der Waals surface area contributed by atoms with Gasteiger partial charge in [-0.05, 0) is 18.1 Å². The molecule has 4 heteroatoms. The Balaban J connectivity index is 1.59. The van der Waals surface area contributed by atoms with Crippen LogP contribution in [0.15, 0.2) is 59.6 Å². The van der Waals surface area contributed by atoms with Gasteiger partial charge in [-0.25, -0.2) is 0 Å². The maximum absolute atomic E-state index is 12.5. The predicted octanol–water partition coefficient (Wildman–Crippen LogP) is 3.67. The molecule has 0 radical (unpaired) electrons. The van der Waals surface area contributed by atoms with E-state index in [2.05, 4.69) is 36.2 Å². The minimum absolute atomic E-state index is 0.129. The van der Waals surface area contributed by atoms with Crippen LogP contribution in [-0.2, 0) is 17.0 Å². The Morgan fingerprint density at radius 2 is 1.83 bits per heavy atom. The van der Waals surface area contributed by atoms with E-state index < -0.39 is 0 Å². The van der Waals surface area contributed by atoms with E-state index >= 15 is 0 Å². The van der Waals surface area contributed by atoms with Crippen molar-refractivity contribution in [3.05, 3.63) is 71.3 Å². The fourth-order valence-corrected chi connectivity index (χ4v) is 3.50. The lowest BCUT2D eigenvalue weighted by molar-refractivity contribution is -0.126. The van der Waals surface area contributed by atoms with Crippen LogP contribution in [0.4, 0.5) is 0 Å². The first-order valence-corrected chi connectivity index (χ1v) is 8.78. The summed E-state index contributed by atoms with van der Waals surface area (Å²) in [6.07, 6.45) is 0.435. The highest BCUT2D eigenvalue weighted by Gasteiger charge is 2.23. The second-order valence-electron chi connectivity index (χ2n) is 5.65. The Morgan fingerprint density at radius 3 is 2.57 bits per heavy atom. The number of amides is 1. The van der Waals surface area contributed by atoms with Crippen molar-refractivity contribution in [3.8, 4) is 0 Å². The first-order valence-electron chi connectivity index (χ1n) is 7.79. The average molecular weight is 324 g/mol. The predicted molar refractivity (Wildman–Crippen MR) is 96.6 cm³/mol. The Hall–Kier alpha value is -2.07. The molecular formula is C19H20N2OS. The van der Waals surface area contributed by atoms with Gasteiger partial charge in [-0.1, -0.05) is 71.9 Å². The van der Waals surface area contributed by atoms with E-state index in [1.807, 2.05) is 35.2 Å². The van der Waals surface area contributed by atoms with Gasteiger partial charge in [0.25, 0.3) is 0 Å². The van der Waals surface area contributed by atoms with Gasteiger partial charge in [0, 0.05) is 12.3 Å². The normalized spacial score (nSPS) is 14.0. The third kappa shape index (κ3) is 4.23. The first kappa shape index (κ1) is 15.8. The molecule has 0 fully saturated rings. The molecule has 1 heterocycles. The minimum atomic E-state index is 0.129. The van der Waals surface area contributed by atoms with Crippen LogP contribution in [0.5, 0.6) is 0 Å². The molecule has 3 nitrogen and oxygen atoms in total. The van der Waals surface area contributed by atoms with E-state index in [9.17, 15) is 4.79 Å². The van der Waals surface area contributed by atoms with Crippen molar-refractivity contribution in [1.29, 1.82) is 0 Å². The van der Waals surface area contributed by atoms with E-state index in [1.165, 1.54) is 11.1 Å². The van der Waals surface area contributed by atoms with Crippen molar-refractivity contribution in [1.82, 2.24) is 4.90 Å². The van der Waals surface area contributed by atoms with E-state index in [1.54, 1.807) is 11.8 Å². The van der Waals surface area contributed by atoms with E-state index in [4.69, 9.17) is 0 Å². The van der Waals surface area contributed by atoms with Crippen LogP contribution in [0, 0.1) is 6.92 Å². The van der Waals surface area contributed by atoms with Crippen LogP contribution in [0.25, 0.3) is 0 Å². The number of thioether (sulfide) groups is 1. The van der Waals surface area contributed by atoms with Crippen LogP contribution in [0.3, 0.4) is 0 Å². The largest absolute Gasteiger partial charge is 0.289 e. The average Bonchev–Trinajstić information content (AvgIpc) is 3.04. The zero-order valence-corrected chi connectivity index (χ0v) is 14.1. The highest BCUT2D eigenvalue weighted by molar-refractivity contribution is 8.13. The Labute approximate surface area is 141 Å². The lowest BCUT2D eigenvalue weighted by Gasteiger charge is -2.18. The van der Waals surface area contributed by atoms with Crippen molar-refractivity contribution < 1.29 is 4.79 Å². The zero-order chi connectivity index (χ0) is 16.1. The zero-order valence-electron chi connectivity index (χ0n) is 13.2. The quantitative estimate of drug-likeness (QED) is 0.859. The number of benzene rings is 2. The molecule has 118 valence electrons. The number of rotatable bonds is 4. The van der Waals surface area contributed by atoms with Gasteiger partial charge in [-0.2, -0.15) is 0 Å². The van der Waals surface area contributed by atoms with E-state index in [0.717, 1.165) is 16.5 Å². The van der Waals surface area contributed by atoms with Crippen molar-refractivity contribution in [2.45, 2.75) is 19.1 Å². The van der Waals surface area contributed by atoms with Gasteiger partial charge in [0.1, 0.15) is 0 Å². The number of hydrogen-bond donors (Lipinski definition) is 0. The number of carbonyl (C=O) groups is 1. The summed E-state index contributed by atoms with van der Waals surface area (Å²) in [4.78, 5) is 18.8. The summed E-state index contributed by atoms with van der Waals surface area (Å²) in [6.45, 7) is 3.49. The second kappa shape index (κ2) is 7.47. The molecule has 0 aliphatic carbocycles. The molecule has 2 aromatic rings. The molecule has 23 heavy (non-hydrogen) atoms. The van der Waals surface area contributed by atoms with Gasteiger partial charge < -0.3 is 0 Å². The molecule has 0 spiro atoms. The van der Waals surface area contributed by atoms with Gasteiger partial charge in [0.2, 0.25) is 5.91 Å². The Kier molecular flexibility index (Phi) is 5.13. The monoisotopic (exact) mass is 324 g/mol. The molecule has 0 aromatic heterocycles. The number of aryl methyl sites for hydroxylation is 1. The van der Waals surface area contributed by atoms with Gasteiger partial charge >= 0.3 is 0 Å². The van der Waals surface area contributed by atoms with Crippen LogP contribution in [-0.4, -0.2) is 29.1 Å². The summed E-state index contributed by atoms with van der Waals surface area (Å²) >= 11 is 1.65. The lowest BCUT2D eigenvalue weighted by atomic mass is 10.1. The summed E-state index contributed by atoms with van der Waals surface area (Å²) in [5.74, 6) is 0.970. The SMILES string of the molecule is Cc1ccc(CSC2=NCCN2C(=O)Cc2ccccc2)cc1. The molecule has 1 amide bonds. The lowest BCUT2D eigenvalue weighted by Crippen LogP contribution is -2.34. The van der Waals surface area contributed by atoms with E-state index in [-0.39, 0.29) is 5.91 Å². The summed E-state index contributed by atoms with van der Waals surface area (Å²) in [7, 11) is 0. The maximum Gasteiger partial charge on any atom is 0.233 e. The maximum atomic E-state index is 12.5. The highest BCUT2D eigenvalue weighted by atomic mass is 32.2. The van der Waals surface area contributed by atoms with Gasteiger partial charge in [0.15, 0.2) is 5.17 Å². The summed E-state index contributed by atoms with van der Waals surface area (Å²) in [5, 5.41) is 0.853. The highest BCUT2D eigenvalue weighted by Crippen LogP contribution is 2.20. The molecule has 0 saturated heterocycles. The third-order valence-corrected chi connectivity index (χ3v) is 4.87. The van der Waals surface area contributed by atoms with Crippen LogP contribution >= 0.6 is 11.8 Å². The summed E-state index contributed by atoms with van der Waals surface area (Å²) < 4.78 is 0. The number of carbonyl (C=O) groups excluding carboxylic acids is 1. The second-order valence-corrected chi connectivity index (χ2v) is 6.59. The van der Waals surface area contributed by atoms with Crippen molar-refractivity contribution in [3.63, 3.8) is 0 Å². The van der Waals surface area contributed by atoms with Crippen molar-refractivity contribution in [2.24, 2.45) is 4.99 Å². The Bertz CT molecular complexity index is 695. The molecule has 3 rings (SSSR count). The van der Waals surface area contributed by atoms with Crippen molar-refractivity contribution in [2.75, 3.05) is 13.1 Å². The molecule has 1 aliphatic heterocycles. The van der Waals surface area contributed by atoms with Gasteiger partial charge in [-0.15, -0.1) is 0 Å². The number of aliphatic imine (C=N–C) groups is 1.